The summed E-state index contributed by atoms with van der Waals surface area (Å²) in [6.45, 7) is 0.368. The van der Waals surface area contributed by atoms with Crippen LogP contribution >= 0.6 is 0 Å². The van der Waals surface area contributed by atoms with Gasteiger partial charge in [-0.25, -0.2) is 0 Å². The molecule has 0 aliphatic carbocycles. The van der Waals surface area contributed by atoms with Crippen LogP contribution in [-0.2, 0) is 13.6 Å². The zero-order valence-electron chi connectivity index (χ0n) is 12.9. The van der Waals surface area contributed by atoms with Gasteiger partial charge in [-0.2, -0.15) is 10.2 Å². The first kappa shape index (κ1) is 14.8. The molecular weight excluding hydrogens is 294 g/mol. The number of benzene rings is 1. The number of rotatable bonds is 5. The predicted octanol–water partition coefficient (Wildman–Crippen LogP) is 1.75. The van der Waals surface area contributed by atoms with E-state index in [1.807, 2.05) is 43.6 Å². The van der Waals surface area contributed by atoms with E-state index >= 15 is 0 Å². The highest BCUT2D eigenvalue weighted by Crippen LogP contribution is 2.22. The van der Waals surface area contributed by atoms with Crippen molar-refractivity contribution in [2.75, 3.05) is 7.11 Å². The van der Waals surface area contributed by atoms with Gasteiger partial charge in [0.15, 0.2) is 0 Å². The Morgan fingerprint density at radius 1 is 1.35 bits per heavy atom. The van der Waals surface area contributed by atoms with Crippen LogP contribution in [0.4, 0.5) is 0 Å². The molecule has 2 aromatic heterocycles. The third-order valence-corrected chi connectivity index (χ3v) is 3.39. The molecule has 0 bridgehead atoms. The first-order valence-corrected chi connectivity index (χ1v) is 7.12. The fraction of sp³-hybridized carbons (Fsp3) is 0.188. The number of hydrogen-bond acceptors (Lipinski definition) is 4. The van der Waals surface area contributed by atoms with Crippen LogP contribution in [0, 0.1) is 0 Å². The number of methoxy groups -OCH3 is 1. The second-order valence-corrected chi connectivity index (χ2v) is 5.06. The SMILES string of the molecule is COc1cccc(-c2cc(C(=O)NCc3ccn(C)n3)[nH]n2)c1. The number of ether oxygens (including phenoxy) is 1. The van der Waals surface area contributed by atoms with Crippen molar-refractivity contribution >= 4 is 5.91 Å². The molecule has 7 heteroatoms. The fourth-order valence-electron chi connectivity index (χ4n) is 2.19. The van der Waals surface area contributed by atoms with Crippen LogP contribution < -0.4 is 10.1 Å². The number of carbonyl (C=O) groups is 1. The van der Waals surface area contributed by atoms with Crippen molar-refractivity contribution < 1.29 is 9.53 Å². The number of aromatic amines is 1. The second kappa shape index (κ2) is 6.35. The third kappa shape index (κ3) is 3.39. The molecule has 2 N–H and O–H groups in total. The Balaban J connectivity index is 1.69. The van der Waals surface area contributed by atoms with Crippen LogP contribution in [0.1, 0.15) is 16.2 Å². The molecular formula is C16H17N5O2. The number of H-pyrrole nitrogens is 1. The predicted molar refractivity (Wildman–Crippen MR) is 85.0 cm³/mol. The summed E-state index contributed by atoms with van der Waals surface area (Å²) in [4.78, 5) is 12.2. The lowest BCUT2D eigenvalue weighted by atomic mass is 10.1. The van der Waals surface area contributed by atoms with E-state index in [2.05, 4.69) is 20.6 Å². The number of amides is 1. The van der Waals surface area contributed by atoms with Crippen LogP contribution in [0.25, 0.3) is 11.3 Å². The van der Waals surface area contributed by atoms with Gasteiger partial charge in [0, 0.05) is 18.8 Å². The fourth-order valence-corrected chi connectivity index (χ4v) is 2.19. The van der Waals surface area contributed by atoms with Gasteiger partial charge >= 0.3 is 0 Å². The number of hydrogen-bond donors (Lipinski definition) is 2. The van der Waals surface area contributed by atoms with Crippen molar-refractivity contribution in [3.8, 4) is 17.0 Å². The molecule has 0 unspecified atom stereocenters. The summed E-state index contributed by atoms with van der Waals surface area (Å²) in [5.41, 5.74) is 2.77. The molecule has 3 rings (SSSR count). The summed E-state index contributed by atoms with van der Waals surface area (Å²) in [6, 6.07) is 11.1. The molecule has 0 aliphatic heterocycles. The largest absolute Gasteiger partial charge is 0.497 e. The van der Waals surface area contributed by atoms with Gasteiger partial charge in [0.25, 0.3) is 5.91 Å². The van der Waals surface area contributed by atoms with E-state index in [1.165, 1.54) is 0 Å². The van der Waals surface area contributed by atoms with Crippen LogP contribution in [0.5, 0.6) is 5.75 Å². The molecule has 0 aliphatic rings. The van der Waals surface area contributed by atoms with Gasteiger partial charge in [-0.1, -0.05) is 12.1 Å². The normalized spacial score (nSPS) is 10.5. The number of nitrogens with zero attached hydrogens (tertiary/aromatic N) is 3. The van der Waals surface area contributed by atoms with Gasteiger partial charge in [-0.15, -0.1) is 0 Å². The van der Waals surface area contributed by atoms with Crippen LogP contribution in [0.2, 0.25) is 0 Å². The van der Waals surface area contributed by atoms with Crippen molar-refractivity contribution in [2.45, 2.75) is 6.54 Å². The molecule has 2 heterocycles. The van der Waals surface area contributed by atoms with E-state index in [1.54, 1.807) is 17.9 Å². The highest BCUT2D eigenvalue weighted by atomic mass is 16.5. The molecule has 0 saturated carbocycles. The Morgan fingerprint density at radius 2 is 2.22 bits per heavy atom. The summed E-state index contributed by atoms with van der Waals surface area (Å²) in [7, 11) is 3.45. The van der Waals surface area contributed by atoms with Gasteiger partial charge in [0.1, 0.15) is 11.4 Å². The summed E-state index contributed by atoms with van der Waals surface area (Å²) < 4.78 is 6.89. The molecule has 1 aromatic carbocycles. The average Bonchev–Trinajstić information content (AvgIpc) is 3.22. The Hall–Kier alpha value is -3.09. The summed E-state index contributed by atoms with van der Waals surface area (Å²) >= 11 is 0. The molecule has 1 amide bonds. The highest BCUT2D eigenvalue weighted by Gasteiger charge is 2.11. The van der Waals surface area contributed by atoms with E-state index in [9.17, 15) is 4.79 Å². The maximum absolute atomic E-state index is 12.2. The van der Waals surface area contributed by atoms with E-state index in [0.29, 0.717) is 17.9 Å². The van der Waals surface area contributed by atoms with Gasteiger partial charge in [-0.05, 0) is 24.3 Å². The van der Waals surface area contributed by atoms with Gasteiger partial charge < -0.3 is 10.1 Å². The summed E-state index contributed by atoms with van der Waals surface area (Å²) in [5.74, 6) is 0.518. The Labute approximate surface area is 133 Å². The lowest BCUT2D eigenvalue weighted by Gasteiger charge is -2.01. The number of nitrogens with one attached hydrogen (secondary N) is 2. The molecule has 0 fully saturated rings. The lowest BCUT2D eigenvalue weighted by molar-refractivity contribution is 0.0945. The molecule has 3 aromatic rings. The number of aryl methyl sites for hydroxylation is 1. The monoisotopic (exact) mass is 311 g/mol. The van der Waals surface area contributed by atoms with Gasteiger partial charge in [-0.3, -0.25) is 14.6 Å². The van der Waals surface area contributed by atoms with Crippen molar-refractivity contribution in [3.63, 3.8) is 0 Å². The van der Waals surface area contributed by atoms with Crippen molar-refractivity contribution in [2.24, 2.45) is 7.05 Å². The second-order valence-electron chi connectivity index (χ2n) is 5.06. The molecule has 23 heavy (non-hydrogen) atoms. The number of aromatic nitrogens is 4. The average molecular weight is 311 g/mol. The molecule has 0 atom stereocenters. The maximum atomic E-state index is 12.2. The third-order valence-electron chi connectivity index (χ3n) is 3.39. The zero-order chi connectivity index (χ0) is 16.2. The summed E-state index contributed by atoms with van der Waals surface area (Å²) in [5, 5.41) is 14.0. The maximum Gasteiger partial charge on any atom is 0.269 e. The minimum atomic E-state index is -0.225. The Morgan fingerprint density at radius 3 is 2.96 bits per heavy atom. The molecule has 0 radical (unpaired) electrons. The van der Waals surface area contributed by atoms with Crippen LogP contribution in [0.15, 0.2) is 42.6 Å². The molecule has 0 saturated heterocycles. The quantitative estimate of drug-likeness (QED) is 0.752. The van der Waals surface area contributed by atoms with Crippen molar-refractivity contribution in [1.29, 1.82) is 0 Å². The molecule has 7 nitrogen and oxygen atoms in total. The zero-order valence-corrected chi connectivity index (χ0v) is 12.9. The van der Waals surface area contributed by atoms with Crippen LogP contribution in [0.3, 0.4) is 0 Å². The minimum absolute atomic E-state index is 0.225. The van der Waals surface area contributed by atoms with E-state index in [0.717, 1.165) is 17.0 Å². The smallest absolute Gasteiger partial charge is 0.269 e. The van der Waals surface area contributed by atoms with Crippen molar-refractivity contribution in [1.82, 2.24) is 25.3 Å². The first-order chi connectivity index (χ1) is 11.2. The standard InChI is InChI=1S/C16H17N5O2/c1-21-7-6-12(20-21)10-17-16(22)15-9-14(18-19-15)11-4-3-5-13(8-11)23-2/h3-9H,10H2,1-2H3,(H,17,22)(H,18,19). The van der Waals surface area contributed by atoms with E-state index in [-0.39, 0.29) is 5.91 Å². The lowest BCUT2D eigenvalue weighted by Crippen LogP contribution is -2.23. The van der Waals surface area contributed by atoms with Gasteiger partial charge in [0.2, 0.25) is 0 Å². The van der Waals surface area contributed by atoms with Crippen LogP contribution in [-0.4, -0.2) is 33.0 Å². The highest BCUT2D eigenvalue weighted by molar-refractivity contribution is 5.93. The van der Waals surface area contributed by atoms with E-state index in [4.69, 9.17) is 4.74 Å². The topological polar surface area (TPSA) is 84.8 Å². The van der Waals surface area contributed by atoms with Gasteiger partial charge in [0.05, 0.1) is 25.0 Å². The van der Waals surface area contributed by atoms with Crippen molar-refractivity contribution in [3.05, 3.63) is 54.0 Å². The Bertz CT molecular complexity index is 821. The summed E-state index contributed by atoms with van der Waals surface area (Å²) in [6.07, 6.45) is 1.83. The number of carbonyl (C=O) groups excluding carboxylic acids is 1. The molecule has 0 spiro atoms. The minimum Gasteiger partial charge on any atom is -0.497 e. The Kier molecular flexibility index (Phi) is 4.09. The molecule has 118 valence electrons. The first-order valence-electron chi connectivity index (χ1n) is 7.12. The van der Waals surface area contributed by atoms with E-state index < -0.39 is 0 Å².